The Labute approximate surface area is 109 Å². The maximum atomic E-state index is 5.71. The van der Waals surface area contributed by atoms with E-state index in [-0.39, 0.29) is 0 Å². The van der Waals surface area contributed by atoms with Gasteiger partial charge in [-0.1, -0.05) is 15.9 Å². The van der Waals surface area contributed by atoms with Crippen molar-refractivity contribution in [3.05, 3.63) is 52.3 Å². The van der Waals surface area contributed by atoms with Crippen LogP contribution in [0.5, 0.6) is 11.5 Å². The predicted octanol–water partition coefficient (Wildman–Crippen LogP) is 3.40. The number of pyridine rings is 1. The fourth-order valence-corrected chi connectivity index (χ4v) is 1.97. The molecule has 88 valence electrons. The summed E-state index contributed by atoms with van der Waals surface area (Å²) >= 11 is 3.43. The van der Waals surface area contributed by atoms with Crippen molar-refractivity contribution in [1.82, 2.24) is 4.98 Å². The molecule has 1 aromatic heterocycles. The van der Waals surface area contributed by atoms with Gasteiger partial charge in [0, 0.05) is 16.7 Å². The second-order valence-electron chi connectivity index (χ2n) is 3.74. The van der Waals surface area contributed by atoms with Crippen LogP contribution in [0.3, 0.4) is 0 Å². The lowest BCUT2D eigenvalue weighted by Gasteiger charge is -2.07. The highest BCUT2D eigenvalue weighted by Gasteiger charge is 2.01. The average molecular weight is 293 g/mol. The summed E-state index contributed by atoms with van der Waals surface area (Å²) in [4.78, 5) is 4.18. The van der Waals surface area contributed by atoms with Crippen molar-refractivity contribution in [1.29, 1.82) is 0 Å². The van der Waals surface area contributed by atoms with E-state index in [0.717, 1.165) is 27.2 Å². The van der Waals surface area contributed by atoms with Gasteiger partial charge in [-0.25, -0.2) is 0 Å². The van der Waals surface area contributed by atoms with Crippen molar-refractivity contribution >= 4 is 15.9 Å². The van der Waals surface area contributed by atoms with Crippen molar-refractivity contribution < 1.29 is 4.74 Å². The molecular weight excluding hydrogens is 280 g/mol. The largest absolute Gasteiger partial charge is 0.456 e. The lowest BCUT2D eigenvalue weighted by molar-refractivity contribution is 0.479. The van der Waals surface area contributed by atoms with Crippen molar-refractivity contribution in [2.24, 2.45) is 5.73 Å². The fourth-order valence-electron chi connectivity index (χ4n) is 1.45. The van der Waals surface area contributed by atoms with E-state index >= 15 is 0 Å². The highest BCUT2D eigenvalue weighted by molar-refractivity contribution is 9.10. The Kier molecular flexibility index (Phi) is 3.76. The van der Waals surface area contributed by atoms with E-state index < -0.39 is 0 Å². The molecule has 1 aromatic carbocycles. The van der Waals surface area contributed by atoms with Crippen LogP contribution in [0.15, 0.2) is 41.0 Å². The second-order valence-corrected chi connectivity index (χ2v) is 4.65. The van der Waals surface area contributed by atoms with Crippen LogP contribution in [0.1, 0.15) is 11.3 Å². The Morgan fingerprint density at radius 2 is 2.06 bits per heavy atom. The average Bonchev–Trinajstić information content (AvgIpc) is 2.31. The van der Waals surface area contributed by atoms with Crippen molar-refractivity contribution in [3.63, 3.8) is 0 Å². The molecule has 3 nitrogen and oxygen atoms in total. The molecule has 4 heteroatoms. The van der Waals surface area contributed by atoms with Crippen LogP contribution in [-0.2, 0) is 6.54 Å². The zero-order valence-electron chi connectivity index (χ0n) is 9.48. The molecule has 0 amide bonds. The molecule has 0 atom stereocenters. The highest BCUT2D eigenvalue weighted by atomic mass is 79.9. The Morgan fingerprint density at radius 1 is 1.24 bits per heavy atom. The molecule has 0 radical (unpaired) electrons. The number of nitrogens with two attached hydrogens (primary N) is 1. The third-order valence-electron chi connectivity index (χ3n) is 2.29. The van der Waals surface area contributed by atoms with Crippen LogP contribution in [0.4, 0.5) is 0 Å². The topological polar surface area (TPSA) is 48.1 Å². The van der Waals surface area contributed by atoms with Crippen LogP contribution < -0.4 is 10.5 Å². The fraction of sp³-hybridized carbons (Fsp3) is 0.154. The lowest BCUT2D eigenvalue weighted by Crippen LogP contribution is -1.96. The number of hydrogen-bond acceptors (Lipinski definition) is 3. The quantitative estimate of drug-likeness (QED) is 0.943. The molecular formula is C13H13BrN2O. The van der Waals surface area contributed by atoms with Crippen molar-refractivity contribution in [2.75, 3.05) is 0 Å². The molecule has 0 saturated heterocycles. The summed E-state index contributed by atoms with van der Waals surface area (Å²) in [5.41, 5.74) is 7.60. The molecule has 2 rings (SSSR count). The van der Waals surface area contributed by atoms with Gasteiger partial charge in [-0.2, -0.15) is 0 Å². The first-order valence-corrected chi connectivity index (χ1v) is 6.07. The lowest BCUT2D eigenvalue weighted by atomic mass is 10.2. The summed E-state index contributed by atoms with van der Waals surface area (Å²) in [5.74, 6) is 1.47. The van der Waals surface area contributed by atoms with Crippen molar-refractivity contribution in [2.45, 2.75) is 13.5 Å². The van der Waals surface area contributed by atoms with Crippen LogP contribution in [0.25, 0.3) is 0 Å². The molecule has 0 bridgehead atoms. The van der Waals surface area contributed by atoms with E-state index in [1.54, 1.807) is 6.20 Å². The monoisotopic (exact) mass is 292 g/mol. The molecule has 17 heavy (non-hydrogen) atoms. The number of benzene rings is 1. The number of hydrogen-bond donors (Lipinski definition) is 1. The normalized spacial score (nSPS) is 10.3. The Morgan fingerprint density at radius 3 is 2.71 bits per heavy atom. The van der Waals surface area contributed by atoms with Crippen LogP contribution in [0.2, 0.25) is 0 Å². The SMILES string of the molecule is Cc1ccc(Oc2cc(Br)cc(CN)c2)cn1. The van der Waals surface area contributed by atoms with Gasteiger partial charge in [-0.3, -0.25) is 4.98 Å². The molecule has 0 fully saturated rings. The van der Waals surface area contributed by atoms with E-state index in [0.29, 0.717) is 6.54 Å². The minimum atomic E-state index is 0.488. The van der Waals surface area contributed by atoms with Gasteiger partial charge >= 0.3 is 0 Å². The maximum Gasteiger partial charge on any atom is 0.145 e. The number of aromatic nitrogens is 1. The van der Waals surface area contributed by atoms with Gasteiger partial charge in [0.25, 0.3) is 0 Å². The molecule has 0 unspecified atom stereocenters. The number of aryl methyl sites for hydroxylation is 1. The minimum Gasteiger partial charge on any atom is -0.456 e. The number of halogens is 1. The van der Waals surface area contributed by atoms with Gasteiger partial charge in [0.1, 0.15) is 11.5 Å². The third kappa shape index (κ3) is 3.28. The first kappa shape index (κ1) is 12.1. The van der Waals surface area contributed by atoms with Gasteiger partial charge in [0.15, 0.2) is 0 Å². The summed E-state index contributed by atoms with van der Waals surface area (Å²) < 4.78 is 6.66. The number of ether oxygens (including phenoxy) is 1. The summed E-state index contributed by atoms with van der Waals surface area (Å²) in [6.45, 7) is 2.43. The summed E-state index contributed by atoms with van der Waals surface area (Å²) in [6, 6.07) is 9.60. The van der Waals surface area contributed by atoms with Crippen molar-refractivity contribution in [3.8, 4) is 11.5 Å². The Hall–Kier alpha value is -1.39. The summed E-state index contributed by atoms with van der Waals surface area (Å²) in [6.07, 6.45) is 1.71. The second kappa shape index (κ2) is 5.29. The van der Waals surface area contributed by atoms with Gasteiger partial charge in [0.05, 0.1) is 6.20 Å². The first-order chi connectivity index (χ1) is 8.17. The summed E-state index contributed by atoms with van der Waals surface area (Å²) in [5, 5.41) is 0. The van der Waals surface area contributed by atoms with Gasteiger partial charge in [-0.15, -0.1) is 0 Å². The highest BCUT2D eigenvalue weighted by Crippen LogP contribution is 2.25. The van der Waals surface area contributed by atoms with Gasteiger partial charge < -0.3 is 10.5 Å². The van der Waals surface area contributed by atoms with E-state index in [4.69, 9.17) is 10.5 Å². The zero-order chi connectivity index (χ0) is 12.3. The van der Waals surface area contributed by atoms with E-state index in [2.05, 4.69) is 20.9 Å². The maximum absolute atomic E-state index is 5.71. The molecule has 0 aliphatic heterocycles. The Balaban J connectivity index is 2.23. The summed E-state index contributed by atoms with van der Waals surface area (Å²) in [7, 11) is 0. The van der Waals surface area contributed by atoms with E-state index in [1.165, 1.54) is 0 Å². The third-order valence-corrected chi connectivity index (χ3v) is 2.74. The minimum absolute atomic E-state index is 0.488. The molecule has 0 spiro atoms. The molecule has 2 aromatic rings. The Bertz CT molecular complexity index is 511. The van der Waals surface area contributed by atoms with E-state index in [9.17, 15) is 0 Å². The molecule has 1 heterocycles. The molecule has 0 aliphatic carbocycles. The zero-order valence-corrected chi connectivity index (χ0v) is 11.1. The molecule has 2 N–H and O–H groups in total. The predicted molar refractivity (Wildman–Crippen MR) is 71.1 cm³/mol. The van der Waals surface area contributed by atoms with Crippen LogP contribution in [-0.4, -0.2) is 4.98 Å². The number of nitrogens with zero attached hydrogens (tertiary/aromatic N) is 1. The molecule has 0 saturated carbocycles. The number of rotatable bonds is 3. The first-order valence-electron chi connectivity index (χ1n) is 5.27. The van der Waals surface area contributed by atoms with E-state index in [1.807, 2.05) is 37.3 Å². The smallest absolute Gasteiger partial charge is 0.145 e. The molecule has 0 aliphatic rings. The van der Waals surface area contributed by atoms with Crippen LogP contribution in [0, 0.1) is 6.92 Å². The van der Waals surface area contributed by atoms with Gasteiger partial charge in [-0.05, 0) is 42.8 Å². The van der Waals surface area contributed by atoms with Crippen LogP contribution >= 0.6 is 15.9 Å². The van der Waals surface area contributed by atoms with Gasteiger partial charge in [0.2, 0.25) is 0 Å². The standard InChI is InChI=1S/C13H13BrN2O/c1-9-2-3-12(8-16-9)17-13-5-10(7-15)4-11(14)6-13/h2-6,8H,7,15H2,1H3.